The highest BCUT2D eigenvalue weighted by atomic mass is 32.2. The Labute approximate surface area is 134 Å². The van der Waals surface area contributed by atoms with E-state index in [4.69, 9.17) is 9.47 Å². The highest BCUT2D eigenvalue weighted by Crippen LogP contribution is 2.28. The summed E-state index contributed by atoms with van der Waals surface area (Å²) in [6, 6.07) is 12.9. The van der Waals surface area contributed by atoms with Gasteiger partial charge in [-0.25, -0.2) is 0 Å². The van der Waals surface area contributed by atoms with Crippen LogP contribution in [0, 0.1) is 0 Å². The Balaban J connectivity index is 2.18. The number of carbonyl (C=O) groups is 1. The smallest absolute Gasteiger partial charge is 0.255 e. The van der Waals surface area contributed by atoms with E-state index in [1.165, 1.54) is 0 Å². The zero-order valence-corrected chi connectivity index (χ0v) is 13.7. The van der Waals surface area contributed by atoms with E-state index < -0.39 is 0 Å². The molecule has 0 aliphatic carbocycles. The molecular formula is C17H19NO3S. The molecule has 0 bridgehead atoms. The van der Waals surface area contributed by atoms with Gasteiger partial charge in [-0.05, 0) is 49.6 Å². The molecule has 22 heavy (non-hydrogen) atoms. The van der Waals surface area contributed by atoms with E-state index in [9.17, 15) is 4.79 Å². The number of hydrogen-bond acceptors (Lipinski definition) is 4. The SMILES string of the molecule is CCOc1ccc(C(=O)Nc2cccc(SC)c2)cc1OC. The predicted molar refractivity (Wildman–Crippen MR) is 90.3 cm³/mol. The van der Waals surface area contributed by atoms with Gasteiger partial charge in [0, 0.05) is 16.1 Å². The molecule has 2 rings (SSSR count). The molecule has 0 saturated carbocycles. The number of nitrogens with one attached hydrogen (secondary N) is 1. The highest BCUT2D eigenvalue weighted by molar-refractivity contribution is 7.98. The van der Waals surface area contributed by atoms with Crippen LogP contribution < -0.4 is 14.8 Å². The fourth-order valence-corrected chi connectivity index (χ4v) is 2.45. The second-order valence-corrected chi connectivity index (χ2v) is 5.36. The number of benzene rings is 2. The third kappa shape index (κ3) is 3.95. The molecule has 0 atom stereocenters. The molecular weight excluding hydrogens is 298 g/mol. The van der Waals surface area contributed by atoms with E-state index in [1.54, 1.807) is 37.1 Å². The number of amides is 1. The first-order chi connectivity index (χ1) is 10.7. The lowest BCUT2D eigenvalue weighted by Gasteiger charge is -2.11. The van der Waals surface area contributed by atoms with Gasteiger partial charge < -0.3 is 14.8 Å². The van der Waals surface area contributed by atoms with Crippen molar-refractivity contribution in [3.05, 3.63) is 48.0 Å². The summed E-state index contributed by atoms with van der Waals surface area (Å²) < 4.78 is 10.7. The Morgan fingerprint density at radius 3 is 2.68 bits per heavy atom. The summed E-state index contributed by atoms with van der Waals surface area (Å²) in [6.45, 7) is 2.45. The lowest BCUT2D eigenvalue weighted by molar-refractivity contribution is 0.102. The summed E-state index contributed by atoms with van der Waals surface area (Å²) in [6.07, 6.45) is 2.00. The molecule has 0 saturated heterocycles. The zero-order valence-electron chi connectivity index (χ0n) is 12.9. The Morgan fingerprint density at radius 1 is 1.18 bits per heavy atom. The number of thioether (sulfide) groups is 1. The minimum absolute atomic E-state index is 0.181. The van der Waals surface area contributed by atoms with Crippen molar-refractivity contribution in [2.45, 2.75) is 11.8 Å². The lowest BCUT2D eigenvalue weighted by atomic mass is 10.2. The number of methoxy groups -OCH3 is 1. The summed E-state index contributed by atoms with van der Waals surface area (Å²) in [5.41, 5.74) is 1.29. The van der Waals surface area contributed by atoms with Crippen LogP contribution in [-0.4, -0.2) is 25.9 Å². The van der Waals surface area contributed by atoms with Crippen molar-refractivity contribution in [1.82, 2.24) is 0 Å². The molecule has 0 spiro atoms. The molecule has 0 fully saturated rings. The van der Waals surface area contributed by atoms with E-state index in [2.05, 4.69) is 5.32 Å². The van der Waals surface area contributed by atoms with Crippen LogP contribution in [0.5, 0.6) is 11.5 Å². The number of rotatable bonds is 6. The topological polar surface area (TPSA) is 47.6 Å². The van der Waals surface area contributed by atoms with E-state index >= 15 is 0 Å². The average Bonchev–Trinajstić information content (AvgIpc) is 2.55. The number of carbonyl (C=O) groups excluding carboxylic acids is 1. The fraction of sp³-hybridized carbons (Fsp3) is 0.235. The molecule has 0 radical (unpaired) electrons. The van der Waals surface area contributed by atoms with Gasteiger partial charge in [-0.2, -0.15) is 0 Å². The summed E-state index contributed by atoms with van der Waals surface area (Å²) in [5, 5.41) is 2.89. The van der Waals surface area contributed by atoms with Gasteiger partial charge in [0.2, 0.25) is 0 Å². The molecule has 1 N–H and O–H groups in total. The number of hydrogen-bond donors (Lipinski definition) is 1. The minimum Gasteiger partial charge on any atom is -0.493 e. The molecule has 2 aromatic carbocycles. The standard InChI is InChI=1S/C17H19NO3S/c1-4-21-15-9-8-12(10-16(15)20-2)17(19)18-13-6-5-7-14(11-13)22-3/h5-11H,4H2,1-3H3,(H,18,19). The summed E-state index contributed by atoms with van der Waals surface area (Å²) in [5.74, 6) is 0.998. The van der Waals surface area contributed by atoms with Crippen molar-refractivity contribution >= 4 is 23.4 Å². The van der Waals surface area contributed by atoms with Crippen molar-refractivity contribution in [3.8, 4) is 11.5 Å². The second-order valence-electron chi connectivity index (χ2n) is 4.48. The largest absolute Gasteiger partial charge is 0.493 e. The highest BCUT2D eigenvalue weighted by Gasteiger charge is 2.11. The van der Waals surface area contributed by atoms with E-state index in [0.717, 1.165) is 10.6 Å². The summed E-state index contributed by atoms with van der Waals surface area (Å²) >= 11 is 1.63. The van der Waals surface area contributed by atoms with Gasteiger partial charge in [0.25, 0.3) is 5.91 Å². The third-order valence-electron chi connectivity index (χ3n) is 3.05. The molecule has 0 aliphatic rings. The van der Waals surface area contributed by atoms with E-state index in [-0.39, 0.29) is 5.91 Å². The van der Waals surface area contributed by atoms with Crippen molar-refractivity contribution in [2.75, 3.05) is 25.3 Å². The van der Waals surface area contributed by atoms with Crippen molar-refractivity contribution < 1.29 is 14.3 Å². The van der Waals surface area contributed by atoms with Crippen LogP contribution in [0.3, 0.4) is 0 Å². The summed E-state index contributed by atoms with van der Waals surface area (Å²) in [4.78, 5) is 13.4. The van der Waals surface area contributed by atoms with Crippen molar-refractivity contribution in [1.29, 1.82) is 0 Å². The van der Waals surface area contributed by atoms with Gasteiger partial charge in [0.1, 0.15) is 0 Å². The van der Waals surface area contributed by atoms with Gasteiger partial charge in [0.15, 0.2) is 11.5 Å². The van der Waals surface area contributed by atoms with Gasteiger partial charge in [-0.3, -0.25) is 4.79 Å². The van der Waals surface area contributed by atoms with Gasteiger partial charge in [-0.15, -0.1) is 11.8 Å². The molecule has 2 aromatic rings. The Hall–Kier alpha value is -2.14. The maximum absolute atomic E-state index is 12.3. The molecule has 5 heteroatoms. The number of ether oxygens (including phenoxy) is 2. The van der Waals surface area contributed by atoms with Crippen LogP contribution >= 0.6 is 11.8 Å². The van der Waals surface area contributed by atoms with Crippen LogP contribution in [0.1, 0.15) is 17.3 Å². The zero-order chi connectivity index (χ0) is 15.9. The fourth-order valence-electron chi connectivity index (χ4n) is 1.99. The van der Waals surface area contributed by atoms with Gasteiger partial charge in [0.05, 0.1) is 13.7 Å². The van der Waals surface area contributed by atoms with E-state index in [0.29, 0.717) is 23.7 Å². The third-order valence-corrected chi connectivity index (χ3v) is 3.78. The lowest BCUT2D eigenvalue weighted by Crippen LogP contribution is -2.12. The van der Waals surface area contributed by atoms with Crippen LogP contribution in [0.25, 0.3) is 0 Å². The second kappa shape index (κ2) is 7.75. The molecule has 0 aromatic heterocycles. The molecule has 4 nitrogen and oxygen atoms in total. The van der Waals surface area contributed by atoms with Crippen LogP contribution in [0.15, 0.2) is 47.4 Å². The Morgan fingerprint density at radius 2 is 2.00 bits per heavy atom. The molecule has 1 amide bonds. The molecule has 116 valence electrons. The quantitative estimate of drug-likeness (QED) is 0.816. The van der Waals surface area contributed by atoms with Gasteiger partial charge >= 0.3 is 0 Å². The summed E-state index contributed by atoms with van der Waals surface area (Å²) in [7, 11) is 1.56. The van der Waals surface area contributed by atoms with Crippen LogP contribution in [0.2, 0.25) is 0 Å². The maximum Gasteiger partial charge on any atom is 0.255 e. The predicted octanol–water partition coefficient (Wildman–Crippen LogP) is 4.07. The monoisotopic (exact) mass is 317 g/mol. The van der Waals surface area contributed by atoms with Crippen LogP contribution in [0.4, 0.5) is 5.69 Å². The average molecular weight is 317 g/mol. The van der Waals surface area contributed by atoms with Gasteiger partial charge in [-0.1, -0.05) is 6.07 Å². The maximum atomic E-state index is 12.3. The first kappa shape index (κ1) is 16.2. The van der Waals surface area contributed by atoms with Crippen molar-refractivity contribution in [2.24, 2.45) is 0 Å². The van der Waals surface area contributed by atoms with Crippen LogP contribution in [-0.2, 0) is 0 Å². The first-order valence-electron chi connectivity index (χ1n) is 6.94. The number of anilines is 1. The normalized spacial score (nSPS) is 10.1. The Kier molecular flexibility index (Phi) is 5.72. The minimum atomic E-state index is -0.181. The van der Waals surface area contributed by atoms with E-state index in [1.807, 2.05) is 37.4 Å². The molecule has 0 aliphatic heterocycles. The van der Waals surface area contributed by atoms with Crippen molar-refractivity contribution in [3.63, 3.8) is 0 Å². The molecule has 0 heterocycles. The Bertz CT molecular complexity index is 658. The molecule has 0 unspecified atom stereocenters. The first-order valence-corrected chi connectivity index (χ1v) is 8.16.